The van der Waals surface area contributed by atoms with Gasteiger partial charge in [-0.05, 0) is 44.1 Å². The zero-order valence-corrected chi connectivity index (χ0v) is 12.7. The summed E-state index contributed by atoms with van der Waals surface area (Å²) >= 11 is 1.27. The van der Waals surface area contributed by atoms with E-state index in [0.717, 1.165) is 0 Å². The molecule has 0 aliphatic heterocycles. The second-order valence-corrected chi connectivity index (χ2v) is 7.07. The van der Waals surface area contributed by atoms with Crippen LogP contribution in [0.5, 0.6) is 11.5 Å². The van der Waals surface area contributed by atoms with Crippen LogP contribution >= 0.6 is 11.8 Å². The van der Waals surface area contributed by atoms with E-state index in [1.807, 2.05) is 0 Å². The monoisotopic (exact) mass is 306 g/mol. The van der Waals surface area contributed by atoms with E-state index in [4.69, 9.17) is 4.55 Å². The van der Waals surface area contributed by atoms with Gasteiger partial charge >= 0.3 is 0 Å². The molecule has 0 fully saturated rings. The first-order valence-electron chi connectivity index (χ1n) is 5.74. The molecular formula is C12H18O5S2. The van der Waals surface area contributed by atoms with Gasteiger partial charge in [0.15, 0.2) is 0 Å². The lowest BCUT2D eigenvalue weighted by atomic mass is 10.0. The Hall–Kier alpha value is -0.920. The largest absolute Gasteiger partial charge is 0.507 e. The van der Waals surface area contributed by atoms with E-state index < -0.39 is 10.1 Å². The predicted octanol–water partition coefficient (Wildman–Crippen LogP) is 2.39. The Balaban J connectivity index is 2.85. The highest BCUT2D eigenvalue weighted by molar-refractivity contribution is 7.99. The second-order valence-electron chi connectivity index (χ2n) is 4.39. The molecule has 3 N–H and O–H groups in total. The van der Waals surface area contributed by atoms with Crippen molar-refractivity contribution >= 4 is 21.9 Å². The number of aromatic hydroxyl groups is 2. The molecular weight excluding hydrogens is 288 g/mol. The minimum absolute atomic E-state index is 0.115. The summed E-state index contributed by atoms with van der Waals surface area (Å²) in [6.07, 6.45) is 0.274. The summed E-state index contributed by atoms with van der Waals surface area (Å²) in [6, 6.07) is 0. The molecule has 0 atom stereocenters. The van der Waals surface area contributed by atoms with Gasteiger partial charge in [-0.1, -0.05) is 0 Å². The fourth-order valence-electron chi connectivity index (χ4n) is 1.68. The van der Waals surface area contributed by atoms with Crippen LogP contribution in [0.1, 0.15) is 23.1 Å². The van der Waals surface area contributed by atoms with Crippen molar-refractivity contribution in [3.63, 3.8) is 0 Å². The van der Waals surface area contributed by atoms with Gasteiger partial charge in [0.1, 0.15) is 11.5 Å². The molecule has 1 aromatic carbocycles. The number of phenols is 2. The normalized spacial score (nSPS) is 11.8. The summed E-state index contributed by atoms with van der Waals surface area (Å²) in [7, 11) is -3.95. The van der Waals surface area contributed by atoms with E-state index >= 15 is 0 Å². The molecule has 0 unspecified atom stereocenters. The van der Waals surface area contributed by atoms with Crippen LogP contribution in [0.4, 0.5) is 0 Å². The number of hydrogen-bond donors (Lipinski definition) is 3. The maximum absolute atomic E-state index is 10.6. The van der Waals surface area contributed by atoms with Gasteiger partial charge in [-0.2, -0.15) is 8.42 Å². The summed E-state index contributed by atoms with van der Waals surface area (Å²) in [5.74, 6) is 0.379. The minimum Gasteiger partial charge on any atom is -0.507 e. The van der Waals surface area contributed by atoms with Crippen molar-refractivity contribution in [2.75, 3.05) is 11.5 Å². The molecule has 0 aromatic heterocycles. The molecule has 19 heavy (non-hydrogen) atoms. The topological polar surface area (TPSA) is 94.8 Å². The van der Waals surface area contributed by atoms with E-state index in [9.17, 15) is 18.6 Å². The quantitative estimate of drug-likeness (QED) is 0.335. The summed E-state index contributed by atoms with van der Waals surface area (Å²) in [5.41, 5.74) is 1.83. The van der Waals surface area contributed by atoms with E-state index in [1.165, 1.54) is 11.8 Å². The number of thioether (sulfide) groups is 1. The lowest BCUT2D eigenvalue weighted by Gasteiger charge is -2.15. The Bertz CT molecular complexity index is 549. The van der Waals surface area contributed by atoms with Crippen molar-refractivity contribution in [2.24, 2.45) is 0 Å². The molecule has 7 heteroatoms. The molecule has 0 bridgehead atoms. The van der Waals surface area contributed by atoms with Crippen LogP contribution in [0, 0.1) is 20.8 Å². The van der Waals surface area contributed by atoms with Crippen LogP contribution in [-0.4, -0.2) is 34.7 Å². The first-order chi connectivity index (χ1) is 8.65. The lowest BCUT2D eigenvalue weighted by molar-refractivity contribution is 0.437. The summed E-state index contributed by atoms with van der Waals surface area (Å²) in [6.45, 7) is 5.14. The smallest absolute Gasteiger partial charge is 0.264 e. The maximum atomic E-state index is 10.6. The molecule has 0 radical (unpaired) electrons. The number of benzene rings is 1. The zero-order valence-electron chi connectivity index (χ0n) is 11.1. The van der Waals surface area contributed by atoms with Crippen LogP contribution < -0.4 is 0 Å². The standard InChI is InChI=1S/C12H18O5S2/c1-7-8(2)11(14)12(9(3)10(7)13)18-5-4-6-19(15,16)17/h13-14H,4-6H2,1-3H3,(H,15,16,17). The van der Waals surface area contributed by atoms with Gasteiger partial charge in [-0.15, -0.1) is 11.8 Å². The molecule has 0 heterocycles. The number of phenolic OH excluding ortho intramolecular Hbond substituents is 2. The third-order valence-corrected chi connectivity index (χ3v) is 5.06. The minimum atomic E-state index is -3.95. The van der Waals surface area contributed by atoms with Crippen molar-refractivity contribution in [3.05, 3.63) is 16.7 Å². The first kappa shape index (κ1) is 16.1. The van der Waals surface area contributed by atoms with Crippen molar-refractivity contribution < 1.29 is 23.2 Å². The SMILES string of the molecule is Cc1c(C)c(O)c(SCCCS(=O)(=O)O)c(C)c1O. The van der Waals surface area contributed by atoms with Crippen LogP contribution in [0.25, 0.3) is 0 Å². The zero-order chi connectivity index (χ0) is 14.8. The average Bonchev–Trinajstić information content (AvgIpc) is 2.32. The first-order valence-corrected chi connectivity index (χ1v) is 8.34. The Morgan fingerprint density at radius 1 is 1.00 bits per heavy atom. The van der Waals surface area contributed by atoms with Crippen LogP contribution in [-0.2, 0) is 10.1 Å². The van der Waals surface area contributed by atoms with E-state index in [-0.39, 0.29) is 23.7 Å². The molecule has 0 aliphatic rings. The van der Waals surface area contributed by atoms with Crippen molar-refractivity contribution in [1.82, 2.24) is 0 Å². The highest BCUT2D eigenvalue weighted by Crippen LogP contribution is 2.41. The van der Waals surface area contributed by atoms with E-state index in [0.29, 0.717) is 27.3 Å². The van der Waals surface area contributed by atoms with E-state index in [2.05, 4.69) is 0 Å². The molecule has 0 saturated carbocycles. The number of rotatable bonds is 5. The summed E-state index contributed by atoms with van der Waals surface area (Å²) in [5, 5.41) is 20.0. The second kappa shape index (κ2) is 6.02. The molecule has 0 spiro atoms. The van der Waals surface area contributed by atoms with Gasteiger partial charge in [-0.3, -0.25) is 4.55 Å². The molecule has 0 aliphatic carbocycles. The fourth-order valence-corrected chi connectivity index (χ4v) is 3.47. The molecule has 5 nitrogen and oxygen atoms in total. The number of hydrogen-bond acceptors (Lipinski definition) is 5. The van der Waals surface area contributed by atoms with Gasteiger partial charge in [0.25, 0.3) is 10.1 Å². The van der Waals surface area contributed by atoms with Gasteiger partial charge in [0.2, 0.25) is 0 Å². The van der Waals surface area contributed by atoms with E-state index in [1.54, 1.807) is 20.8 Å². The molecule has 0 saturated heterocycles. The summed E-state index contributed by atoms with van der Waals surface area (Å²) in [4.78, 5) is 0.552. The Morgan fingerprint density at radius 2 is 1.53 bits per heavy atom. The third kappa shape index (κ3) is 4.02. The van der Waals surface area contributed by atoms with Crippen molar-refractivity contribution in [3.8, 4) is 11.5 Å². The van der Waals surface area contributed by atoms with Crippen LogP contribution in [0.3, 0.4) is 0 Å². The molecule has 0 amide bonds. The average molecular weight is 306 g/mol. The Morgan fingerprint density at radius 3 is 2.05 bits per heavy atom. The van der Waals surface area contributed by atoms with Gasteiger partial charge in [-0.25, -0.2) is 0 Å². The third-order valence-electron chi connectivity index (χ3n) is 2.98. The molecule has 1 rings (SSSR count). The Kier molecular flexibility index (Phi) is 5.11. The van der Waals surface area contributed by atoms with Crippen LogP contribution in [0.15, 0.2) is 4.90 Å². The van der Waals surface area contributed by atoms with Gasteiger partial charge in [0.05, 0.1) is 10.6 Å². The van der Waals surface area contributed by atoms with Gasteiger partial charge in [0, 0.05) is 5.56 Å². The molecule has 108 valence electrons. The van der Waals surface area contributed by atoms with Crippen molar-refractivity contribution in [2.45, 2.75) is 32.1 Å². The maximum Gasteiger partial charge on any atom is 0.264 e. The molecule has 1 aromatic rings. The fraction of sp³-hybridized carbons (Fsp3) is 0.500. The Labute approximate surface area is 117 Å². The highest BCUT2D eigenvalue weighted by atomic mass is 32.2. The van der Waals surface area contributed by atoms with Crippen molar-refractivity contribution in [1.29, 1.82) is 0 Å². The lowest BCUT2D eigenvalue weighted by Crippen LogP contribution is -2.04. The van der Waals surface area contributed by atoms with Crippen LogP contribution in [0.2, 0.25) is 0 Å². The predicted molar refractivity (Wildman–Crippen MR) is 75.7 cm³/mol. The highest BCUT2D eigenvalue weighted by Gasteiger charge is 2.16. The summed E-state index contributed by atoms with van der Waals surface area (Å²) < 4.78 is 29.8. The van der Waals surface area contributed by atoms with Gasteiger partial charge < -0.3 is 10.2 Å².